The molecule has 2 heteroatoms. The van der Waals surface area contributed by atoms with E-state index in [4.69, 9.17) is 5.11 Å². The molecule has 0 bridgehead atoms. The van der Waals surface area contributed by atoms with Gasteiger partial charge in [0.15, 0.2) is 0 Å². The molecule has 0 saturated carbocycles. The third-order valence-electron chi connectivity index (χ3n) is 2.14. The lowest BCUT2D eigenvalue weighted by molar-refractivity contribution is 0.168. The fraction of sp³-hybridized carbons (Fsp3) is 0.333. The molecule has 1 aromatic carbocycles. The van der Waals surface area contributed by atoms with Crippen molar-refractivity contribution in [3.8, 4) is 5.75 Å². The average Bonchev–Trinajstić information content (AvgIpc) is 2.17. The highest BCUT2D eigenvalue weighted by molar-refractivity contribution is 5.25. The number of hydrogen-bond donors (Lipinski definition) is 2. The minimum absolute atomic E-state index is 0.278. The van der Waals surface area contributed by atoms with Crippen LogP contribution in [0.2, 0.25) is 0 Å². The Labute approximate surface area is 84.5 Å². The van der Waals surface area contributed by atoms with E-state index >= 15 is 0 Å². The first kappa shape index (κ1) is 10.8. The van der Waals surface area contributed by atoms with E-state index in [1.165, 1.54) is 0 Å². The second kappa shape index (κ2) is 5.45. The maximum absolute atomic E-state index is 9.44. The highest BCUT2D eigenvalue weighted by Crippen LogP contribution is 2.12. The quantitative estimate of drug-likeness (QED) is 0.702. The van der Waals surface area contributed by atoms with E-state index in [0.29, 0.717) is 6.42 Å². The van der Waals surface area contributed by atoms with Crippen LogP contribution in [0.4, 0.5) is 0 Å². The van der Waals surface area contributed by atoms with Gasteiger partial charge in [-0.15, -0.1) is 6.58 Å². The molecule has 0 aliphatic carbocycles. The summed E-state index contributed by atoms with van der Waals surface area (Å²) >= 11 is 0. The normalized spacial score (nSPS) is 12.4. The third-order valence-corrected chi connectivity index (χ3v) is 2.14. The lowest BCUT2D eigenvalue weighted by Crippen LogP contribution is -2.05. The van der Waals surface area contributed by atoms with Crippen molar-refractivity contribution in [1.82, 2.24) is 0 Å². The van der Waals surface area contributed by atoms with Crippen LogP contribution in [0.25, 0.3) is 0 Å². The van der Waals surface area contributed by atoms with Crippen LogP contribution in [-0.2, 0) is 6.42 Å². The smallest absolute Gasteiger partial charge is 0.115 e. The Kier molecular flexibility index (Phi) is 4.20. The van der Waals surface area contributed by atoms with Crippen molar-refractivity contribution in [2.75, 3.05) is 0 Å². The minimum atomic E-state index is -0.304. The van der Waals surface area contributed by atoms with Gasteiger partial charge in [-0.3, -0.25) is 0 Å². The van der Waals surface area contributed by atoms with Crippen molar-refractivity contribution in [2.24, 2.45) is 0 Å². The van der Waals surface area contributed by atoms with E-state index in [1.807, 2.05) is 12.1 Å². The maximum Gasteiger partial charge on any atom is 0.115 e. The number of rotatable bonds is 5. The zero-order valence-corrected chi connectivity index (χ0v) is 8.19. The lowest BCUT2D eigenvalue weighted by Gasteiger charge is -2.07. The van der Waals surface area contributed by atoms with Gasteiger partial charge < -0.3 is 10.2 Å². The Morgan fingerprint density at radius 3 is 2.50 bits per heavy atom. The van der Waals surface area contributed by atoms with Gasteiger partial charge in [0.25, 0.3) is 0 Å². The topological polar surface area (TPSA) is 40.5 Å². The zero-order chi connectivity index (χ0) is 10.4. The minimum Gasteiger partial charge on any atom is -0.508 e. The van der Waals surface area contributed by atoms with Crippen molar-refractivity contribution in [3.05, 3.63) is 42.5 Å². The monoisotopic (exact) mass is 192 g/mol. The largest absolute Gasteiger partial charge is 0.508 e. The highest BCUT2D eigenvalue weighted by atomic mass is 16.3. The van der Waals surface area contributed by atoms with Crippen LogP contribution in [0.15, 0.2) is 36.9 Å². The van der Waals surface area contributed by atoms with Crippen molar-refractivity contribution in [2.45, 2.75) is 25.4 Å². The molecule has 1 rings (SSSR count). The Hall–Kier alpha value is -1.28. The molecule has 76 valence electrons. The van der Waals surface area contributed by atoms with Gasteiger partial charge >= 0.3 is 0 Å². The summed E-state index contributed by atoms with van der Waals surface area (Å²) in [5, 5.41) is 18.5. The molecule has 0 spiro atoms. The number of hydrogen-bond acceptors (Lipinski definition) is 2. The maximum atomic E-state index is 9.44. The van der Waals surface area contributed by atoms with Crippen LogP contribution in [-0.4, -0.2) is 16.3 Å². The van der Waals surface area contributed by atoms with Crippen LogP contribution in [0.5, 0.6) is 5.75 Å². The van der Waals surface area contributed by atoms with Crippen LogP contribution in [0, 0.1) is 0 Å². The molecule has 0 radical (unpaired) electrons. The number of phenolic OH excluding ortho intramolecular Hbond substituents is 1. The summed E-state index contributed by atoms with van der Waals surface area (Å²) in [6.45, 7) is 3.57. The van der Waals surface area contributed by atoms with Gasteiger partial charge in [-0.25, -0.2) is 0 Å². The standard InChI is InChI=1S/C12H16O2/c1-2-3-11(13)7-4-10-5-8-12(14)9-6-10/h2,5-6,8-9,11,13-14H,1,3-4,7H2. The van der Waals surface area contributed by atoms with Crippen molar-refractivity contribution >= 4 is 0 Å². The molecule has 2 nitrogen and oxygen atoms in total. The highest BCUT2D eigenvalue weighted by Gasteiger charge is 2.01. The van der Waals surface area contributed by atoms with Gasteiger partial charge in [-0.1, -0.05) is 18.2 Å². The van der Waals surface area contributed by atoms with Gasteiger partial charge in [0.05, 0.1) is 6.10 Å². The van der Waals surface area contributed by atoms with E-state index in [2.05, 4.69) is 6.58 Å². The van der Waals surface area contributed by atoms with E-state index in [0.717, 1.165) is 18.4 Å². The number of aliphatic hydroxyl groups is 1. The average molecular weight is 192 g/mol. The lowest BCUT2D eigenvalue weighted by atomic mass is 10.1. The second-order valence-electron chi connectivity index (χ2n) is 3.38. The fourth-order valence-corrected chi connectivity index (χ4v) is 1.31. The van der Waals surface area contributed by atoms with Gasteiger partial charge in [0, 0.05) is 0 Å². The Bertz CT molecular complexity index is 277. The first-order chi connectivity index (χ1) is 6.72. The van der Waals surface area contributed by atoms with Gasteiger partial charge in [-0.2, -0.15) is 0 Å². The van der Waals surface area contributed by atoms with E-state index in [-0.39, 0.29) is 11.9 Å². The number of phenols is 1. The Balaban J connectivity index is 2.37. The van der Waals surface area contributed by atoms with Crippen LogP contribution >= 0.6 is 0 Å². The summed E-state index contributed by atoms with van der Waals surface area (Å²) in [6, 6.07) is 7.07. The van der Waals surface area contributed by atoms with Crippen molar-refractivity contribution in [1.29, 1.82) is 0 Å². The summed E-state index contributed by atoms with van der Waals surface area (Å²) in [4.78, 5) is 0. The van der Waals surface area contributed by atoms with Gasteiger partial charge in [-0.05, 0) is 37.0 Å². The van der Waals surface area contributed by atoms with Gasteiger partial charge in [0.1, 0.15) is 5.75 Å². The van der Waals surface area contributed by atoms with Crippen LogP contribution in [0.3, 0.4) is 0 Å². The van der Waals surface area contributed by atoms with E-state index in [1.54, 1.807) is 18.2 Å². The summed E-state index contributed by atoms with van der Waals surface area (Å²) in [5.74, 6) is 0.278. The van der Waals surface area contributed by atoms with Crippen molar-refractivity contribution < 1.29 is 10.2 Å². The molecule has 14 heavy (non-hydrogen) atoms. The third kappa shape index (κ3) is 3.62. The summed E-state index contributed by atoms with van der Waals surface area (Å²) in [7, 11) is 0. The first-order valence-electron chi connectivity index (χ1n) is 4.79. The molecule has 1 aromatic rings. The Morgan fingerprint density at radius 2 is 1.93 bits per heavy atom. The zero-order valence-electron chi connectivity index (χ0n) is 8.19. The van der Waals surface area contributed by atoms with E-state index < -0.39 is 0 Å². The molecule has 0 saturated heterocycles. The molecule has 1 atom stereocenters. The fourth-order valence-electron chi connectivity index (χ4n) is 1.31. The van der Waals surface area contributed by atoms with Crippen molar-refractivity contribution in [3.63, 3.8) is 0 Å². The summed E-state index contributed by atoms with van der Waals surface area (Å²) in [5.41, 5.74) is 1.13. The summed E-state index contributed by atoms with van der Waals surface area (Å²) < 4.78 is 0. The molecule has 0 aromatic heterocycles. The molecular weight excluding hydrogens is 176 g/mol. The van der Waals surface area contributed by atoms with Gasteiger partial charge in [0.2, 0.25) is 0 Å². The molecule has 0 aliphatic heterocycles. The summed E-state index contributed by atoms with van der Waals surface area (Å²) in [6.07, 6.45) is 3.62. The molecule has 0 aliphatic rings. The molecule has 0 fully saturated rings. The predicted molar refractivity (Wildman–Crippen MR) is 57.2 cm³/mol. The van der Waals surface area contributed by atoms with Crippen LogP contribution in [0.1, 0.15) is 18.4 Å². The number of benzene rings is 1. The Morgan fingerprint density at radius 1 is 1.29 bits per heavy atom. The molecule has 1 unspecified atom stereocenters. The second-order valence-corrected chi connectivity index (χ2v) is 3.38. The number of aromatic hydroxyl groups is 1. The van der Waals surface area contributed by atoms with E-state index in [9.17, 15) is 5.11 Å². The SMILES string of the molecule is C=CCC(O)CCc1ccc(O)cc1. The number of aliphatic hydroxyl groups excluding tert-OH is 1. The molecule has 0 heterocycles. The molecular formula is C12H16O2. The first-order valence-corrected chi connectivity index (χ1v) is 4.79. The predicted octanol–water partition coefficient (Wildman–Crippen LogP) is 2.26. The van der Waals surface area contributed by atoms with Crippen LogP contribution < -0.4 is 0 Å². The number of aryl methyl sites for hydroxylation is 1. The molecule has 0 amide bonds. The molecule has 2 N–H and O–H groups in total.